The Morgan fingerprint density at radius 2 is 1.92 bits per heavy atom. The highest BCUT2D eigenvalue weighted by Gasteiger charge is 2.18. The predicted octanol–water partition coefficient (Wildman–Crippen LogP) is 4.13. The summed E-state index contributed by atoms with van der Waals surface area (Å²) in [5.74, 6) is 0.664. The van der Waals surface area contributed by atoms with Gasteiger partial charge in [0.25, 0.3) is 5.91 Å². The van der Waals surface area contributed by atoms with Gasteiger partial charge in [0, 0.05) is 17.5 Å². The molecule has 3 aromatic rings. The first-order chi connectivity index (χ1) is 12.2. The molecule has 0 bridgehead atoms. The normalized spacial score (nSPS) is 10.5. The molecule has 0 saturated carbocycles. The summed E-state index contributed by atoms with van der Waals surface area (Å²) in [7, 11) is 1.64. The quantitative estimate of drug-likeness (QED) is 0.715. The smallest absolute Gasteiger partial charge is 0.252 e. The molecule has 3 rings (SSSR count). The zero-order valence-corrected chi connectivity index (χ0v) is 14.4. The average molecular weight is 332 g/mol. The van der Waals surface area contributed by atoms with Gasteiger partial charge < -0.3 is 10.1 Å². The van der Waals surface area contributed by atoms with Crippen LogP contribution in [0.15, 0.2) is 61.2 Å². The summed E-state index contributed by atoms with van der Waals surface area (Å²) < 4.78 is 5.22. The number of carbonyl (C=O) groups is 1. The molecule has 1 amide bonds. The Bertz CT molecular complexity index is 931. The summed E-state index contributed by atoms with van der Waals surface area (Å²) in [6, 6.07) is 15.4. The molecular formula is C21H20N2O2. The first kappa shape index (κ1) is 16.7. The predicted molar refractivity (Wildman–Crippen MR) is 101 cm³/mol. The van der Waals surface area contributed by atoms with Crippen molar-refractivity contribution in [2.75, 3.05) is 13.7 Å². The maximum Gasteiger partial charge on any atom is 0.252 e. The van der Waals surface area contributed by atoms with E-state index < -0.39 is 0 Å². The lowest BCUT2D eigenvalue weighted by Gasteiger charge is -2.14. The number of rotatable bonds is 5. The Labute approximate surface area is 147 Å². The minimum atomic E-state index is -0.120. The summed E-state index contributed by atoms with van der Waals surface area (Å²) in [5, 5.41) is 3.72. The van der Waals surface area contributed by atoms with Crippen molar-refractivity contribution in [1.29, 1.82) is 0 Å². The Morgan fingerprint density at radius 1 is 1.20 bits per heavy atom. The van der Waals surface area contributed by atoms with Crippen LogP contribution in [-0.4, -0.2) is 24.5 Å². The van der Waals surface area contributed by atoms with Gasteiger partial charge >= 0.3 is 0 Å². The maximum atomic E-state index is 12.7. The standard InChI is InChI=1S/C21H20N2O2/c1-4-13-22-21(24)19-14(2)20(15-9-11-16(25-3)12-10-15)23-18-8-6-5-7-17(18)19/h4-12H,1,13H2,2-3H3,(H,22,24). The van der Waals surface area contributed by atoms with Gasteiger partial charge in [-0.05, 0) is 42.8 Å². The molecule has 1 N–H and O–H groups in total. The van der Waals surface area contributed by atoms with Crippen LogP contribution in [0.5, 0.6) is 5.75 Å². The molecule has 0 aliphatic rings. The van der Waals surface area contributed by atoms with Crippen LogP contribution in [0.1, 0.15) is 15.9 Å². The van der Waals surface area contributed by atoms with Crippen LogP contribution in [0.25, 0.3) is 22.2 Å². The van der Waals surface area contributed by atoms with Gasteiger partial charge in [-0.1, -0.05) is 24.3 Å². The summed E-state index contributed by atoms with van der Waals surface area (Å²) in [5.41, 5.74) is 4.04. The lowest BCUT2D eigenvalue weighted by Crippen LogP contribution is -2.24. The zero-order valence-electron chi connectivity index (χ0n) is 14.4. The number of hydrogen-bond donors (Lipinski definition) is 1. The molecule has 4 nitrogen and oxygen atoms in total. The Hall–Kier alpha value is -3.14. The number of methoxy groups -OCH3 is 1. The maximum absolute atomic E-state index is 12.7. The van der Waals surface area contributed by atoms with Gasteiger partial charge in [0.2, 0.25) is 0 Å². The van der Waals surface area contributed by atoms with Crippen molar-refractivity contribution in [3.05, 3.63) is 72.3 Å². The second-order valence-electron chi connectivity index (χ2n) is 5.70. The molecule has 126 valence electrons. The molecule has 1 heterocycles. The van der Waals surface area contributed by atoms with Crippen molar-refractivity contribution in [3.8, 4) is 17.0 Å². The molecule has 0 fully saturated rings. The number of nitrogens with zero attached hydrogens (tertiary/aromatic N) is 1. The molecule has 0 aliphatic heterocycles. The summed E-state index contributed by atoms with van der Waals surface area (Å²) in [6.07, 6.45) is 1.67. The van der Waals surface area contributed by atoms with E-state index in [1.165, 1.54) is 0 Å². The van der Waals surface area contributed by atoms with E-state index in [1.54, 1.807) is 13.2 Å². The number of carbonyl (C=O) groups excluding carboxylic acids is 1. The lowest BCUT2D eigenvalue weighted by atomic mass is 9.97. The minimum absolute atomic E-state index is 0.120. The monoisotopic (exact) mass is 332 g/mol. The van der Waals surface area contributed by atoms with Gasteiger partial charge in [-0.25, -0.2) is 4.98 Å². The molecule has 0 unspecified atom stereocenters. The van der Waals surface area contributed by atoms with Crippen LogP contribution in [0, 0.1) is 6.92 Å². The molecular weight excluding hydrogens is 312 g/mol. The third kappa shape index (κ3) is 3.24. The van der Waals surface area contributed by atoms with Crippen molar-refractivity contribution in [1.82, 2.24) is 10.3 Å². The fourth-order valence-corrected chi connectivity index (χ4v) is 2.88. The number of aromatic nitrogens is 1. The number of pyridine rings is 1. The largest absolute Gasteiger partial charge is 0.497 e. The number of para-hydroxylation sites is 1. The third-order valence-corrected chi connectivity index (χ3v) is 4.13. The first-order valence-corrected chi connectivity index (χ1v) is 8.08. The molecule has 0 aliphatic carbocycles. The first-order valence-electron chi connectivity index (χ1n) is 8.08. The van der Waals surface area contributed by atoms with E-state index in [1.807, 2.05) is 55.5 Å². The zero-order chi connectivity index (χ0) is 17.8. The van der Waals surface area contributed by atoms with Crippen molar-refractivity contribution in [3.63, 3.8) is 0 Å². The van der Waals surface area contributed by atoms with Gasteiger partial charge in [-0.3, -0.25) is 4.79 Å². The van der Waals surface area contributed by atoms with E-state index in [4.69, 9.17) is 9.72 Å². The molecule has 2 aromatic carbocycles. The number of benzene rings is 2. The van der Waals surface area contributed by atoms with Gasteiger partial charge in [-0.2, -0.15) is 0 Å². The summed E-state index contributed by atoms with van der Waals surface area (Å²) >= 11 is 0. The van der Waals surface area contributed by atoms with Crippen LogP contribution >= 0.6 is 0 Å². The highest BCUT2D eigenvalue weighted by molar-refractivity contribution is 6.08. The van der Waals surface area contributed by atoms with Crippen molar-refractivity contribution < 1.29 is 9.53 Å². The van der Waals surface area contributed by atoms with Gasteiger partial charge in [0.1, 0.15) is 5.75 Å². The highest BCUT2D eigenvalue weighted by Crippen LogP contribution is 2.30. The van der Waals surface area contributed by atoms with E-state index in [0.29, 0.717) is 12.1 Å². The minimum Gasteiger partial charge on any atom is -0.497 e. The molecule has 0 spiro atoms. The fourth-order valence-electron chi connectivity index (χ4n) is 2.88. The fraction of sp³-hybridized carbons (Fsp3) is 0.143. The molecule has 1 aromatic heterocycles. The Balaban J connectivity index is 2.20. The van der Waals surface area contributed by atoms with Crippen LogP contribution in [-0.2, 0) is 0 Å². The van der Waals surface area contributed by atoms with Crippen molar-refractivity contribution in [2.45, 2.75) is 6.92 Å². The molecule has 25 heavy (non-hydrogen) atoms. The third-order valence-electron chi connectivity index (χ3n) is 4.13. The molecule has 0 atom stereocenters. The number of amides is 1. The van der Waals surface area contributed by atoms with Crippen LogP contribution in [0.3, 0.4) is 0 Å². The Morgan fingerprint density at radius 3 is 2.60 bits per heavy atom. The van der Waals surface area contributed by atoms with Crippen LogP contribution in [0.2, 0.25) is 0 Å². The Kier molecular flexibility index (Phi) is 4.80. The average Bonchev–Trinajstić information content (AvgIpc) is 2.65. The van der Waals surface area contributed by atoms with E-state index >= 15 is 0 Å². The number of hydrogen-bond acceptors (Lipinski definition) is 3. The number of fused-ring (bicyclic) bond motifs is 1. The molecule has 0 radical (unpaired) electrons. The topological polar surface area (TPSA) is 51.2 Å². The summed E-state index contributed by atoms with van der Waals surface area (Å²) in [6.45, 7) is 6.01. The van der Waals surface area contributed by atoms with Crippen molar-refractivity contribution >= 4 is 16.8 Å². The van der Waals surface area contributed by atoms with E-state index in [9.17, 15) is 4.79 Å². The van der Waals surface area contributed by atoms with Gasteiger partial charge in [0.15, 0.2) is 0 Å². The highest BCUT2D eigenvalue weighted by atomic mass is 16.5. The van der Waals surface area contributed by atoms with E-state index in [-0.39, 0.29) is 5.91 Å². The summed E-state index contributed by atoms with van der Waals surface area (Å²) in [4.78, 5) is 17.5. The molecule has 0 saturated heterocycles. The van der Waals surface area contributed by atoms with Crippen molar-refractivity contribution in [2.24, 2.45) is 0 Å². The van der Waals surface area contributed by atoms with Crippen LogP contribution < -0.4 is 10.1 Å². The lowest BCUT2D eigenvalue weighted by molar-refractivity contribution is 0.0959. The SMILES string of the molecule is C=CCNC(=O)c1c(C)c(-c2ccc(OC)cc2)nc2ccccc12. The second-order valence-corrected chi connectivity index (χ2v) is 5.70. The van der Waals surface area contributed by atoms with Gasteiger partial charge in [-0.15, -0.1) is 6.58 Å². The van der Waals surface area contributed by atoms with Gasteiger partial charge in [0.05, 0.1) is 23.9 Å². The van der Waals surface area contributed by atoms with E-state index in [2.05, 4.69) is 11.9 Å². The van der Waals surface area contributed by atoms with E-state index in [0.717, 1.165) is 33.5 Å². The second kappa shape index (κ2) is 7.18. The van der Waals surface area contributed by atoms with Crippen LogP contribution in [0.4, 0.5) is 0 Å². The molecule has 4 heteroatoms. The number of ether oxygens (including phenoxy) is 1. The number of nitrogens with one attached hydrogen (secondary N) is 1.